The van der Waals surface area contributed by atoms with Gasteiger partial charge < -0.3 is 14.8 Å². The number of hydrogen-bond acceptors (Lipinski definition) is 4. The highest BCUT2D eigenvalue weighted by Crippen LogP contribution is 2.18. The Morgan fingerprint density at radius 3 is 2.68 bits per heavy atom. The molecule has 0 saturated carbocycles. The number of rotatable bonds is 8. The average Bonchev–Trinajstić information content (AvgIpc) is 3.27. The second kappa shape index (κ2) is 8.69. The molecule has 8 heteroatoms. The molecule has 1 aromatic carbocycles. The van der Waals surface area contributed by atoms with Crippen LogP contribution in [-0.4, -0.2) is 55.9 Å². The molecule has 0 unspecified atom stereocenters. The van der Waals surface area contributed by atoms with Gasteiger partial charge in [0.1, 0.15) is 6.54 Å². The van der Waals surface area contributed by atoms with Crippen molar-refractivity contribution in [3.05, 3.63) is 47.9 Å². The quantitative estimate of drug-likeness (QED) is 0.644. The van der Waals surface area contributed by atoms with Crippen molar-refractivity contribution in [1.82, 2.24) is 29.8 Å². The minimum Gasteiger partial charge on any atom is -0.349 e. The molecule has 2 amide bonds. The van der Waals surface area contributed by atoms with Crippen LogP contribution in [0.4, 0.5) is 0 Å². The first-order valence-corrected chi connectivity index (χ1v) is 9.54. The Balaban J connectivity index is 1.56. The molecule has 0 spiro atoms. The Kier molecular flexibility index (Phi) is 6.08. The molecule has 0 saturated heterocycles. The Bertz CT molecular complexity index is 970. The first-order chi connectivity index (χ1) is 13.5. The zero-order valence-corrected chi connectivity index (χ0v) is 16.6. The molecular weight excluding hydrogens is 356 g/mol. The van der Waals surface area contributed by atoms with Gasteiger partial charge >= 0.3 is 0 Å². The maximum Gasteiger partial charge on any atom is 0.273 e. The number of aryl methyl sites for hydroxylation is 1. The van der Waals surface area contributed by atoms with Crippen LogP contribution in [0.3, 0.4) is 0 Å². The van der Waals surface area contributed by atoms with Gasteiger partial charge in [0.2, 0.25) is 5.91 Å². The van der Waals surface area contributed by atoms with E-state index >= 15 is 0 Å². The highest BCUT2D eigenvalue weighted by molar-refractivity contribution is 5.91. The van der Waals surface area contributed by atoms with Gasteiger partial charge in [-0.2, -0.15) is 0 Å². The van der Waals surface area contributed by atoms with Gasteiger partial charge in [-0.25, -0.2) is 4.68 Å². The number of aromatic nitrogens is 4. The number of fused-ring (bicyclic) bond motifs is 1. The van der Waals surface area contributed by atoms with Gasteiger partial charge in [-0.15, -0.1) is 5.10 Å². The molecule has 0 atom stereocenters. The molecule has 0 aliphatic carbocycles. The molecule has 0 aliphatic rings. The highest BCUT2D eigenvalue weighted by atomic mass is 16.2. The number of para-hydroxylation sites is 1. The smallest absolute Gasteiger partial charge is 0.273 e. The fraction of sp³-hybridized carbons (Fsp3) is 0.400. The van der Waals surface area contributed by atoms with Crippen LogP contribution < -0.4 is 5.32 Å². The van der Waals surface area contributed by atoms with Crippen molar-refractivity contribution < 1.29 is 9.59 Å². The largest absolute Gasteiger partial charge is 0.349 e. The van der Waals surface area contributed by atoms with E-state index in [0.29, 0.717) is 26.2 Å². The molecule has 3 aromatic rings. The minimum atomic E-state index is -0.296. The summed E-state index contributed by atoms with van der Waals surface area (Å²) in [5.41, 5.74) is 2.51. The van der Waals surface area contributed by atoms with Crippen LogP contribution in [0.15, 0.2) is 36.5 Å². The summed E-state index contributed by atoms with van der Waals surface area (Å²) < 4.78 is 3.58. The van der Waals surface area contributed by atoms with Crippen LogP contribution in [0.5, 0.6) is 0 Å². The lowest BCUT2D eigenvalue weighted by Crippen LogP contribution is -2.33. The van der Waals surface area contributed by atoms with E-state index in [-0.39, 0.29) is 24.1 Å². The summed E-state index contributed by atoms with van der Waals surface area (Å²) in [5.74, 6) is -0.340. The van der Waals surface area contributed by atoms with E-state index in [0.717, 1.165) is 11.2 Å². The Labute approximate surface area is 164 Å². The number of likely N-dealkylation sites (N-methyl/N-ethyl adjacent to an activating group) is 1. The second-order valence-corrected chi connectivity index (χ2v) is 6.62. The van der Waals surface area contributed by atoms with E-state index in [2.05, 4.69) is 45.3 Å². The molecule has 148 valence electrons. The normalized spacial score (nSPS) is 11.0. The minimum absolute atomic E-state index is 0.0446. The zero-order chi connectivity index (χ0) is 20.1. The van der Waals surface area contributed by atoms with Gasteiger partial charge in [-0.05, 0) is 38.3 Å². The van der Waals surface area contributed by atoms with Crippen LogP contribution in [0.25, 0.3) is 10.9 Å². The molecule has 0 aliphatic heterocycles. The fourth-order valence-electron chi connectivity index (χ4n) is 3.31. The summed E-state index contributed by atoms with van der Waals surface area (Å²) in [4.78, 5) is 26.2. The third-order valence-electron chi connectivity index (χ3n) is 4.82. The van der Waals surface area contributed by atoms with E-state index in [4.69, 9.17) is 0 Å². The van der Waals surface area contributed by atoms with Gasteiger partial charge in [-0.3, -0.25) is 9.59 Å². The lowest BCUT2D eigenvalue weighted by molar-refractivity contribution is -0.131. The predicted molar refractivity (Wildman–Crippen MR) is 107 cm³/mol. The second-order valence-electron chi connectivity index (χ2n) is 6.62. The van der Waals surface area contributed by atoms with Crippen molar-refractivity contribution in [3.8, 4) is 0 Å². The molecule has 0 bridgehead atoms. The number of carbonyl (C=O) groups is 2. The molecule has 0 fully saturated rings. The molecule has 2 heterocycles. The van der Waals surface area contributed by atoms with Crippen LogP contribution in [0.1, 0.15) is 30.0 Å². The Morgan fingerprint density at radius 1 is 1.18 bits per heavy atom. The molecule has 1 N–H and O–H groups in total. The maximum absolute atomic E-state index is 12.3. The summed E-state index contributed by atoms with van der Waals surface area (Å²) in [6.07, 6.45) is 1.51. The number of carbonyl (C=O) groups excluding carboxylic acids is 2. The summed E-state index contributed by atoms with van der Waals surface area (Å²) in [5, 5.41) is 11.8. The Hall–Kier alpha value is -3.16. The van der Waals surface area contributed by atoms with E-state index in [1.165, 1.54) is 16.3 Å². The van der Waals surface area contributed by atoms with Gasteiger partial charge in [0.15, 0.2) is 5.69 Å². The third-order valence-corrected chi connectivity index (χ3v) is 4.82. The summed E-state index contributed by atoms with van der Waals surface area (Å²) in [6.45, 7) is 8.42. The van der Waals surface area contributed by atoms with Gasteiger partial charge in [0.25, 0.3) is 5.91 Å². The highest BCUT2D eigenvalue weighted by Gasteiger charge is 2.15. The van der Waals surface area contributed by atoms with Crippen molar-refractivity contribution in [2.24, 2.45) is 0 Å². The first kappa shape index (κ1) is 19.6. The molecular formula is C20H26N6O2. The maximum atomic E-state index is 12.3. The van der Waals surface area contributed by atoms with Crippen LogP contribution >= 0.6 is 0 Å². The van der Waals surface area contributed by atoms with Gasteiger partial charge in [0.05, 0.1) is 6.20 Å². The molecule has 28 heavy (non-hydrogen) atoms. The van der Waals surface area contributed by atoms with E-state index in [1.54, 1.807) is 4.90 Å². The van der Waals surface area contributed by atoms with Crippen molar-refractivity contribution in [1.29, 1.82) is 0 Å². The first-order valence-electron chi connectivity index (χ1n) is 9.54. The lowest BCUT2D eigenvalue weighted by Gasteiger charge is -2.17. The monoisotopic (exact) mass is 382 g/mol. The number of nitrogens with one attached hydrogen (secondary N) is 1. The van der Waals surface area contributed by atoms with E-state index < -0.39 is 0 Å². The molecule has 8 nitrogen and oxygen atoms in total. The topological polar surface area (TPSA) is 85.0 Å². The van der Waals surface area contributed by atoms with Crippen molar-refractivity contribution in [3.63, 3.8) is 0 Å². The average molecular weight is 382 g/mol. The summed E-state index contributed by atoms with van der Waals surface area (Å²) in [7, 11) is 0. The van der Waals surface area contributed by atoms with E-state index in [9.17, 15) is 9.59 Å². The van der Waals surface area contributed by atoms with Crippen molar-refractivity contribution in [2.45, 2.75) is 33.9 Å². The summed E-state index contributed by atoms with van der Waals surface area (Å²) in [6, 6.07) is 10.3. The van der Waals surface area contributed by atoms with E-state index in [1.807, 2.05) is 26.0 Å². The predicted octanol–water partition coefficient (Wildman–Crippen LogP) is 1.84. The van der Waals surface area contributed by atoms with Crippen LogP contribution in [0.2, 0.25) is 0 Å². The fourth-order valence-corrected chi connectivity index (χ4v) is 3.31. The molecule has 0 radical (unpaired) electrons. The van der Waals surface area contributed by atoms with Crippen molar-refractivity contribution >= 4 is 22.7 Å². The number of hydrogen-bond donors (Lipinski definition) is 1. The number of amides is 2. The zero-order valence-electron chi connectivity index (χ0n) is 16.6. The number of benzene rings is 1. The molecule has 3 rings (SSSR count). The summed E-state index contributed by atoms with van der Waals surface area (Å²) >= 11 is 0. The number of nitrogens with zero attached hydrogens (tertiary/aromatic N) is 5. The van der Waals surface area contributed by atoms with Crippen LogP contribution in [0, 0.1) is 6.92 Å². The third kappa shape index (κ3) is 4.21. The van der Waals surface area contributed by atoms with Gasteiger partial charge in [0, 0.05) is 37.4 Å². The van der Waals surface area contributed by atoms with Crippen molar-refractivity contribution in [2.75, 3.05) is 19.6 Å². The van der Waals surface area contributed by atoms with Gasteiger partial charge in [-0.1, -0.05) is 23.4 Å². The lowest BCUT2D eigenvalue weighted by atomic mass is 10.2. The SMILES string of the molecule is CCN(CC)C(=O)Cn1cc(C(=O)NCCn2c(C)cc3ccccc32)nn1. The van der Waals surface area contributed by atoms with Crippen LogP contribution in [-0.2, 0) is 17.9 Å². The standard InChI is InChI=1S/C20H26N6O2/c1-4-24(5-2)19(27)14-25-13-17(22-23-25)20(28)21-10-11-26-15(3)12-16-8-6-7-9-18(16)26/h6-9,12-13H,4-5,10-11,14H2,1-3H3,(H,21,28). The Morgan fingerprint density at radius 2 is 1.93 bits per heavy atom. The molecule has 2 aromatic heterocycles.